The van der Waals surface area contributed by atoms with Crippen molar-refractivity contribution < 1.29 is 14.3 Å². The molecule has 1 saturated heterocycles. The van der Waals surface area contributed by atoms with Crippen molar-refractivity contribution in [2.24, 2.45) is 16.9 Å². The van der Waals surface area contributed by atoms with Crippen molar-refractivity contribution in [3.05, 3.63) is 148 Å². The molecule has 5 nitrogen and oxygen atoms in total. The van der Waals surface area contributed by atoms with E-state index in [2.05, 4.69) is 29.4 Å². The topological polar surface area (TPSA) is 59.0 Å². The summed E-state index contributed by atoms with van der Waals surface area (Å²) in [5.74, 6) is -1.16. The van der Waals surface area contributed by atoms with E-state index in [1.54, 1.807) is 6.21 Å². The first kappa shape index (κ1) is 25.0. The Morgan fingerprint density at radius 3 is 1.83 bits per heavy atom. The number of benzene rings is 5. The molecule has 1 fully saturated rings. The molecule has 0 spiro atoms. The zero-order valence-electron chi connectivity index (χ0n) is 22.5. The van der Waals surface area contributed by atoms with Crippen LogP contribution in [0.3, 0.4) is 0 Å². The highest BCUT2D eigenvalue weighted by Crippen LogP contribution is 2.61. The Morgan fingerprint density at radius 1 is 0.690 bits per heavy atom. The number of ether oxygens (including phenoxy) is 1. The second-order valence-electron chi connectivity index (χ2n) is 11.1. The van der Waals surface area contributed by atoms with Crippen molar-refractivity contribution >= 4 is 40.4 Å². The van der Waals surface area contributed by atoms with Crippen LogP contribution >= 0.6 is 11.6 Å². The lowest BCUT2D eigenvalue weighted by atomic mass is 9.55. The smallest absolute Gasteiger partial charge is 0.254 e. The Hall–Kier alpha value is -4.74. The zero-order chi connectivity index (χ0) is 28.4. The van der Waals surface area contributed by atoms with Gasteiger partial charge in [0.1, 0.15) is 12.4 Å². The number of halogens is 1. The van der Waals surface area contributed by atoms with E-state index >= 15 is 0 Å². The third kappa shape index (κ3) is 3.74. The second-order valence-corrected chi connectivity index (χ2v) is 11.5. The van der Waals surface area contributed by atoms with E-state index in [9.17, 15) is 9.59 Å². The highest BCUT2D eigenvalue weighted by Gasteiger charge is 2.61. The maximum absolute atomic E-state index is 14.0. The lowest BCUT2D eigenvalue weighted by Gasteiger charge is -2.45. The maximum atomic E-state index is 14.0. The lowest BCUT2D eigenvalue weighted by Crippen LogP contribution is -2.41. The molecule has 1 aliphatic heterocycles. The number of carbonyl (C=O) groups excluding carboxylic acids is 2. The van der Waals surface area contributed by atoms with Crippen LogP contribution in [0.1, 0.15) is 45.2 Å². The fraction of sp³-hybridized carbons (Fsp3) is 0.139. The van der Waals surface area contributed by atoms with Crippen LogP contribution in [0.15, 0.2) is 114 Å². The van der Waals surface area contributed by atoms with Crippen LogP contribution in [-0.4, -0.2) is 23.0 Å². The first-order chi connectivity index (χ1) is 20.6. The molecule has 3 aliphatic carbocycles. The number of nitrogens with zero attached hydrogens (tertiary/aromatic N) is 2. The molecule has 204 valence electrons. The van der Waals surface area contributed by atoms with Gasteiger partial charge in [-0.05, 0) is 56.8 Å². The summed E-state index contributed by atoms with van der Waals surface area (Å²) in [7, 11) is 0. The molecule has 2 bridgehead atoms. The third-order valence-corrected chi connectivity index (χ3v) is 9.22. The van der Waals surface area contributed by atoms with Gasteiger partial charge >= 0.3 is 0 Å². The van der Waals surface area contributed by atoms with Gasteiger partial charge in [0, 0.05) is 22.4 Å². The van der Waals surface area contributed by atoms with E-state index in [1.165, 1.54) is 0 Å². The van der Waals surface area contributed by atoms with E-state index in [4.69, 9.17) is 16.3 Å². The summed E-state index contributed by atoms with van der Waals surface area (Å²) in [5.41, 5.74) is 6.25. The summed E-state index contributed by atoms with van der Waals surface area (Å²) in [6, 6.07) is 35.8. The van der Waals surface area contributed by atoms with Crippen LogP contribution in [0.25, 0.3) is 10.8 Å². The van der Waals surface area contributed by atoms with E-state index in [1.807, 2.05) is 84.9 Å². The van der Waals surface area contributed by atoms with Gasteiger partial charge in [-0.25, -0.2) is 0 Å². The van der Waals surface area contributed by atoms with Gasteiger partial charge in [0.05, 0.1) is 18.1 Å². The number of hydrogen-bond acceptors (Lipinski definition) is 4. The summed E-state index contributed by atoms with van der Waals surface area (Å²) in [4.78, 5) is 28.0. The molecule has 5 aromatic carbocycles. The molecule has 9 rings (SSSR count). The van der Waals surface area contributed by atoms with Crippen molar-refractivity contribution in [2.45, 2.75) is 18.4 Å². The highest BCUT2D eigenvalue weighted by molar-refractivity contribution is 6.30. The number of imide groups is 1. The van der Waals surface area contributed by atoms with Crippen molar-refractivity contribution in [3.8, 4) is 5.75 Å². The zero-order valence-corrected chi connectivity index (χ0v) is 23.2. The first-order valence-corrected chi connectivity index (χ1v) is 14.5. The van der Waals surface area contributed by atoms with Crippen LogP contribution in [0.5, 0.6) is 5.75 Å². The number of fused-ring (bicyclic) bond motifs is 1. The molecule has 42 heavy (non-hydrogen) atoms. The minimum atomic E-state index is -0.474. The molecule has 2 atom stereocenters. The van der Waals surface area contributed by atoms with Gasteiger partial charge in [-0.2, -0.15) is 10.1 Å². The third-order valence-electron chi connectivity index (χ3n) is 8.97. The van der Waals surface area contributed by atoms with Crippen LogP contribution in [0.4, 0.5) is 0 Å². The number of hydrazone groups is 1. The summed E-state index contributed by atoms with van der Waals surface area (Å²) < 4.78 is 6.24. The Balaban J connectivity index is 1.17. The number of rotatable bonds is 5. The average Bonchev–Trinajstić information content (AvgIpc) is 3.29. The number of amides is 2. The van der Waals surface area contributed by atoms with Gasteiger partial charge in [-0.15, -0.1) is 0 Å². The van der Waals surface area contributed by atoms with Crippen LogP contribution < -0.4 is 4.74 Å². The molecular formula is C36H25ClN2O3. The maximum Gasteiger partial charge on any atom is 0.254 e. The van der Waals surface area contributed by atoms with Gasteiger partial charge < -0.3 is 4.74 Å². The predicted molar refractivity (Wildman–Crippen MR) is 163 cm³/mol. The van der Waals surface area contributed by atoms with E-state index in [0.717, 1.165) is 43.6 Å². The molecule has 0 radical (unpaired) electrons. The summed E-state index contributed by atoms with van der Waals surface area (Å²) in [6.07, 6.45) is 1.61. The quantitative estimate of drug-likeness (QED) is 0.165. The summed E-state index contributed by atoms with van der Waals surface area (Å²) in [6.45, 7) is 0.335. The molecule has 0 aromatic heterocycles. The fourth-order valence-corrected chi connectivity index (χ4v) is 7.29. The van der Waals surface area contributed by atoms with Gasteiger partial charge in [0.25, 0.3) is 11.8 Å². The molecule has 1 heterocycles. The van der Waals surface area contributed by atoms with Crippen LogP contribution in [-0.2, 0) is 16.2 Å². The Labute approximate surface area is 248 Å². The summed E-state index contributed by atoms with van der Waals surface area (Å²) in [5, 5.41) is 8.30. The minimum Gasteiger partial charge on any atom is -0.488 e. The first-order valence-electron chi connectivity index (χ1n) is 14.1. The minimum absolute atomic E-state index is 0.167. The predicted octanol–water partition coefficient (Wildman–Crippen LogP) is 7.30. The van der Waals surface area contributed by atoms with Gasteiger partial charge in [-0.3, -0.25) is 9.59 Å². The number of hydrogen-bond donors (Lipinski definition) is 0. The standard InChI is InChI=1S/C36H25ClN2O3/c37-23-16-13-21(14-17-23)20-42-30-18-15-22-7-1-2-8-24(22)29(30)19-38-39-35(40)33-31-25-9-3-4-10-26(25)32(34(33)36(39)41)28-12-6-5-11-27(28)31/h1-19,31-34H,20H2/b38-19+. The largest absolute Gasteiger partial charge is 0.488 e. The fourth-order valence-electron chi connectivity index (χ4n) is 7.17. The Kier molecular flexibility index (Phi) is 5.76. The van der Waals surface area contributed by atoms with Crippen molar-refractivity contribution in [3.63, 3.8) is 0 Å². The normalized spacial score (nSPS) is 22.0. The van der Waals surface area contributed by atoms with E-state index in [0.29, 0.717) is 22.9 Å². The Bertz CT molecular complexity index is 1820. The monoisotopic (exact) mass is 568 g/mol. The lowest BCUT2D eigenvalue weighted by molar-refractivity contribution is -0.139. The number of carbonyl (C=O) groups is 2. The van der Waals surface area contributed by atoms with Gasteiger partial charge in [0.2, 0.25) is 0 Å². The average molecular weight is 569 g/mol. The van der Waals surface area contributed by atoms with Crippen molar-refractivity contribution in [2.75, 3.05) is 0 Å². The second kappa shape index (κ2) is 9.68. The SMILES string of the molecule is O=C1C2C3c4ccccc4C(c4ccccc43)C2C(=O)N1/N=C/c1c(OCc2ccc(Cl)cc2)ccc2ccccc12. The Morgan fingerprint density at radius 2 is 1.24 bits per heavy atom. The summed E-state index contributed by atoms with van der Waals surface area (Å²) >= 11 is 6.05. The molecule has 2 unspecified atom stereocenters. The van der Waals surface area contributed by atoms with Crippen LogP contribution in [0.2, 0.25) is 5.02 Å². The van der Waals surface area contributed by atoms with Crippen LogP contribution in [0, 0.1) is 11.8 Å². The van der Waals surface area contributed by atoms with Gasteiger partial charge in [0.15, 0.2) is 0 Å². The molecule has 0 N–H and O–H groups in total. The van der Waals surface area contributed by atoms with E-state index < -0.39 is 11.8 Å². The molecule has 2 amide bonds. The van der Waals surface area contributed by atoms with E-state index in [-0.39, 0.29) is 23.7 Å². The molecule has 4 aliphatic rings. The van der Waals surface area contributed by atoms with Crippen molar-refractivity contribution in [1.29, 1.82) is 0 Å². The van der Waals surface area contributed by atoms with Gasteiger partial charge in [-0.1, -0.05) is 103 Å². The molecule has 6 heteroatoms. The molecule has 0 saturated carbocycles. The highest BCUT2D eigenvalue weighted by atomic mass is 35.5. The molecule has 5 aromatic rings. The van der Waals surface area contributed by atoms with Crippen molar-refractivity contribution in [1.82, 2.24) is 5.01 Å². The molecular weight excluding hydrogens is 544 g/mol.